The van der Waals surface area contributed by atoms with Crippen LogP contribution in [0.2, 0.25) is 0 Å². The lowest BCUT2D eigenvalue weighted by atomic mass is 9.91. The largest absolute Gasteiger partial charge is 0.339 e. The lowest BCUT2D eigenvalue weighted by Crippen LogP contribution is -2.51. The molecule has 28 heavy (non-hydrogen) atoms. The predicted molar refractivity (Wildman–Crippen MR) is 112 cm³/mol. The maximum atomic E-state index is 12.7. The van der Waals surface area contributed by atoms with Crippen molar-refractivity contribution in [3.8, 4) is 0 Å². The van der Waals surface area contributed by atoms with Gasteiger partial charge in [0.2, 0.25) is 5.91 Å². The summed E-state index contributed by atoms with van der Waals surface area (Å²) >= 11 is 1.75. The van der Waals surface area contributed by atoms with Crippen LogP contribution < -0.4 is 0 Å². The molecule has 0 radical (unpaired) electrons. The van der Waals surface area contributed by atoms with Gasteiger partial charge in [-0.3, -0.25) is 19.3 Å². The van der Waals surface area contributed by atoms with Gasteiger partial charge in [0.15, 0.2) is 0 Å². The fourth-order valence-electron chi connectivity index (χ4n) is 4.28. The Morgan fingerprint density at radius 1 is 1.14 bits per heavy atom. The molecular weight excluding hydrogens is 370 g/mol. The van der Waals surface area contributed by atoms with E-state index in [1.165, 1.54) is 11.1 Å². The number of carbonyl (C=O) groups is 1. The van der Waals surface area contributed by atoms with E-state index in [4.69, 9.17) is 0 Å². The fraction of sp³-hybridized carbons (Fsp3) is 0.619. The highest BCUT2D eigenvalue weighted by Crippen LogP contribution is 2.27. The number of likely N-dealkylation sites (tertiary alicyclic amines) is 1. The lowest BCUT2D eigenvalue weighted by molar-refractivity contribution is -0.134. The third-order valence-electron chi connectivity index (χ3n) is 6.11. The third-order valence-corrected chi connectivity index (χ3v) is 6.84. The number of aromatic nitrogens is 2. The summed E-state index contributed by atoms with van der Waals surface area (Å²) < 4.78 is 2.00. The maximum absolute atomic E-state index is 12.7. The quantitative estimate of drug-likeness (QED) is 0.746. The minimum absolute atomic E-state index is 0.299. The van der Waals surface area contributed by atoms with Crippen molar-refractivity contribution in [1.82, 2.24) is 24.5 Å². The molecule has 4 rings (SSSR count). The van der Waals surface area contributed by atoms with Crippen molar-refractivity contribution in [2.24, 2.45) is 0 Å². The van der Waals surface area contributed by atoms with Gasteiger partial charge in [0.25, 0.3) is 0 Å². The second-order valence-corrected chi connectivity index (χ2v) is 8.75. The van der Waals surface area contributed by atoms with Gasteiger partial charge in [-0.05, 0) is 66.7 Å². The molecule has 0 saturated carbocycles. The first-order valence-electron chi connectivity index (χ1n) is 10.5. The molecule has 2 aliphatic rings. The topological polar surface area (TPSA) is 44.6 Å². The van der Waals surface area contributed by atoms with Crippen LogP contribution in [0.1, 0.15) is 36.8 Å². The van der Waals surface area contributed by atoms with Crippen molar-refractivity contribution >= 4 is 17.2 Å². The first-order valence-corrected chi connectivity index (χ1v) is 11.4. The smallest absolute Gasteiger partial charge is 0.236 e. The molecule has 2 aromatic heterocycles. The molecule has 0 aromatic carbocycles. The highest BCUT2D eigenvalue weighted by molar-refractivity contribution is 7.07. The molecule has 0 N–H and O–H groups in total. The predicted octanol–water partition coefficient (Wildman–Crippen LogP) is 2.49. The molecule has 2 aromatic rings. The number of thiophene rings is 1. The lowest BCUT2D eigenvalue weighted by Gasteiger charge is -2.37. The number of carbonyl (C=O) groups excluding carboxylic acids is 1. The van der Waals surface area contributed by atoms with E-state index in [0.29, 0.717) is 18.4 Å². The van der Waals surface area contributed by atoms with Crippen molar-refractivity contribution in [3.63, 3.8) is 0 Å². The Bertz CT molecular complexity index is 743. The van der Waals surface area contributed by atoms with Crippen molar-refractivity contribution in [3.05, 3.63) is 40.3 Å². The van der Waals surface area contributed by atoms with E-state index in [-0.39, 0.29) is 0 Å². The summed E-state index contributed by atoms with van der Waals surface area (Å²) in [5.74, 6) is 0.889. The van der Waals surface area contributed by atoms with Crippen LogP contribution in [-0.4, -0.2) is 76.2 Å². The number of hydrogen-bond donors (Lipinski definition) is 0. The molecule has 0 bridgehead atoms. The molecule has 0 atom stereocenters. The van der Waals surface area contributed by atoms with Crippen LogP contribution in [-0.2, 0) is 17.9 Å². The summed E-state index contributed by atoms with van der Waals surface area (Å²) in [5, 5.41) is 8.76. The van der Waals surface area contributed by atoms with Gasteiger partial charge in [-0.15, -0.1) is 0 Å². The van der Waals surface area contributed by atoms with Gasteiger partial charge in [-0.1, -0.05) is 0 Å². The van der Waals surface area contributed by atoms with Gasteiger partial charge in [0, 0.05) is 45.5 Å². The Hall–Kier alpha value is -1.70. The molecule has 6 nitrogen and oxygen atoms in total. The molecule has 152 valence electrons. The normalized spacial score (nSPS) is 20.0. The van der Waals surface area contributed by atoms with Gasteiger partial charge < -0.3 is 4.90 Å². The van der Waals surface area contributed by atoms with Gasteiger partial charge in [0.1, 0.15) is 0 Å². The first kappa shape index (κ1) is 19.6. The number of piperidine rings is 1. The Labute approximate surface area is 171 Å². The minimum Gasteiger partial charge on any atom is -0.339 e. The minimum atomic E-state index is 0.299. The molecule has 2 aliphatic heterocycles. The van der Waals surface area contributed by atoms with Crippen molar-refractivity contribution in [2.75, 3.05) is 45.8 Å². The third kappa shape index (κ3) is 4.82. The summed E-state index contributed by atoms with van der Waals surface area (Å²) in [4.78, 5) is 19.6. The van der Waals surface area contributed by atoms with Crippen LogP contribution in [0, 0.1) is 0 Å². The standard InChI is InChI=1S/C21H31N5OS/c1-2-26-15-20(13-22-26)19-3-6-23(7-4-19)16-21(27)25-10-8-24(9-11-25)14-18-5-12-28-17-18/h5,12-13,15,17,19H,2-4,6-11,14,16H2,1H3. The van der Waals surface area contributed by atoms with E-state index in [9.17, 15) is 4.79 Å². The zero-order valence-corrected chi connectivity index (χ0v) is 17.6. The SMILES string of the molecule is CCn1cc(C2CCN(CC(=O)N3CCN(Cc4ccsc4)CC3)CC2)cn1. The Kier molecular flexibility index (Phi) is 6.44. The summed E-state index contributed by atoms with van der Waals surface area (Å²) in [7, 11) is 0. The Balaban J connectivity index is 1.19. The van der Waals surface area contributed by atoms with Crippen LogP contribution in [0.4, 0.5) is 0 Å². The molecule has 2 fully saturated rings. The molecular formula is C21H31N5OS. The second kappa shape index (κ2) is 9.20. The van der Waals surface area contributed by atoms with E-state index in [2.05, 4.69) is 49.7 Å². The van der Waals surface area contributed by atoms with Crippen molar-refractivity contribution < 1.29 is 4.79 Å². The van der Waals surface area contributed by atoms with Crippen LogP contribution in [0.5, 0.6) is 0 Å². The molecule has 0 unspecified atom stereocenters. The zero-order chi connectivity index (χ0) is 19.3. The van der Waals surface area contributed by atoms with E-state index in [1.54, 1.807) is 11.3 Å². The average molecular weight is 402 g/mol. The maximum Gasteiger partial charge on any atom is 0.236 e. The summed E-state index contributed by atoms with van der Waals surface area (Å²) in [5.41, 5.74) is 2.74. The summed E-state index contributed by atoms with van der Waals surface area (Å²) in [6.45, 7) is 10.3. The van der Waals surface area contributed by atoms with E-state index in [0.717, 1.165) is 65.2 Å². The van der Waals surface area contributed by atoms with Gasteiger partial charge in [-0.25, -0.2) is 0 Å². The summed E-state index contributed by atoms with van der Waals surface area (Å²) in [6, 6.07) is 2.19. The van der Waals surface area contributed by atoms with Gasteiger partial charge in [0.05, 0.1) is 12.7 Å². The highest BCUT2D eigenvalue weighted by Gasteiger charge is 2.26. The number of nitrogens with zero attached hydrogens (tertiary/aromatic N) is 5. The molecule has 4 heterocycles. The Morgan fingerprint density at radius 3 is 2.57 bits per heavy atom. The van der Waals surface area contributed by atoms with Crippen LogP contribution in [0.15, 0.2) is 29.2 Å². The van der Waals surface area contributed by atoms with E-state index >= 15 is 0 Å². The van der Waals surface area contributed by atoms with Gasteiger partial charge >= 0.3 is 0 Å². The van der Waals surface area contributed by atoms with Crippen molar-refractivity contribution in [1.29, 1.82) is 0 Å². The number of aryl methyl sites for hydroxylation is 1. The molecule has 2 saturated heterocycles. The second-order valence-electron chi connectivity index (χ2n) is 7.97. The molecule has 0 aliphatic carbocycles. The zero-order valence-electron chi connectivity index (χ0n) is 16.8. The fourth-order valence-corrected chi connectivity index (χ4v) is 4.94. The molecule has 1 amide bonds. The molecule has 0 spiro atoms. The van der Waals surface area contributed by atoms with Crippen LogP contribution >= 0.6 is 11.3 Å². The number of amides is 1. The average Bonchev–Trinajstić information content (AvgIpc) is 3.41. The van der Waals surface area contributed by atoms with Crippen molar-refractivity contribution in [2.45, 2.75) is 38.8 Å². The van der Waals surface area contributed by atoms with Crippen LogP contribution in [0.25, 0.3) is 0 Å². The number of rotatable bonds is 6. The van der Waals surface area contributed by atoms with E-state index < -0.39 is 0 Å². The van der Waals surface area contributed by atoms with E-state index in [1.807, 2.05) is 10.9 Å². The first-order chi connectivity index (χ1) is 13.7. The monoisotopic (exact) mass is 401 g/mol. The van der Waals surface area contributed by atoms with Gasteiger partial charge in [-0.2, -0.15) is 16.4 Å². The summed E-state index contributed by atoms with van der Waals surface area (Å²) in [6.07, 6.45) is 6.44. The van der Waals surface area contributed by atoms with Crippen LogP contribution in [0.3, 0.4) is 0 Å². The Morgan fingerprint density at radius 2 is 1.93 bits per heavy atom. The molecule has 7 heteroatoms. The highest BCUT2D eigenvalue weighted by atomic mass is 32.1. The number of piperazine rings is 1. The number of hydrogen-bond acceptors (Lipinski definition) is 5.